The van der Waals surface area contributed by atoms with Gasteiger partial charge in [0.25, 0.3) is 6.47 Å². The average Bonchev–Trinajstić information content (AvgIpc) is 2.37. The van der Waals surface area contributed by atoms with Gasteiger partial charge in [-0.3, -0.25) is 19.2 Å². The Labute approximate surface area is 145 Å². The first-order valence-electron chi connectivity index (χ1n) is 6.04. The SMILES string of the molecule is CC(=O)OC[C@@H](OC=O)[C@H](OC(C)=O)[C@H](OC(C)=O)C(Cl)I. The number of carbonyl (C=O) groups is 4. The highest BCUT2D eigenvalue weighted by molar-refractivity contribution is 14.1. The van der Waals surface area contributed by atoms with Crippen molar-refractivity contribution in [3.63, 3.8) is 0 Å². The molecule has 0 fully saturated rings. The van der Waals surface area contributed by atoms with Crippen molar-refractivity contribution >= 4 is 58.6 Å². The first-order valence-corrected chi connectivity index (χ1v) is 7.72. The fourth-order valence-corrected chi connectivity index (χ4v) is 2.23. The number of alkyl halides is 2. The number of hydrogen-bond donors (Lipinski definition) is 0. The third-order valence-electron chi connectivity index (χ3n) is 2.22. The zero-order valence-corrected chi connectivity index (χ0v) is 15.0. The summed E-state index contributed by atoms with van der Waals surface area (Å²) in [6.45, 7) is 3.15. The predicted molar refractivity (Wildman–Crippen MR) is 82.3 cm³/mol. The average molecular weight is 451 g/mol. The van der Waals surface area contributed by atoms with Crippen LogP contribution >= 0.6 is 34.2 Å². The third-order valence-corrected chi connectivity index (χ3v) is 3.18. The van der Waals surface area contributed by atoms with Gasteiger partial charge in [-0.15, -0.1) is 11.6 Å². The van der Waals surface area contributed by atoms with Gasteiger partial charge in [-0.1, -0.05) is 22.6 Å². The fraction of sp³-hybridized carbons (Fsp3) is 0.667. The second kappa shape index (κ2) is 10.6. The lowest BCUT2D eigenvalue weighted by molar-refractivity contribution is -0.183. The van der Waals surface area contributed by atoms with Gasteiger partial charge in [0.1, 0.15) is 9.99 Å². The molecule has 4 atom stereocenters. The third kappa shape index (κ3) is 8.37. The molecule has 0 saturated carbocycles. The van der Waals surface area contributed by atoms with Crippen molar-refractivity contribution in [1.82, 2.24) is 0 Å². The Morgan fingerprint density at radius 2 is 1.55 bits per heavy atom. The second-order valence-electron chi connectivity index (χ2n) is 4.06. The van der Waals surface area contributed by atoms with Gasteiger partial charge in [0, 0.05) is 20.8 Å². The fourth-order valence-electron chi connectivity index (χ4n) is 1.48. The summed E-state index contributed by atoms with van der Waals surface area (Å²) in [5.41, 5.74) is 0. The quantitative estimate of drug-likeness (QED) is 0.168. The van der Waals surface area contributed by atoms with Crippen molar-refractivity contribution in [2.24, 2.45) is 0 Å². The summed E-state index contributed by atoms with van der Waals surface area (Å²) in [5, 5.41) is 0. The van der Waals surface area contributed by atoms with Crippen molar-refractivity contribution in [2.45, 2.75) is 42.5 Å². The number of hydrogen-bond acceptors (Lipinski definition) is 8. The minimum Gasteiger partial charge on any atom is -0.462 e. The van der Waals surface area contributed by atoms with Crippen LogP contribution in [-0.4, -0.2) is 52.7 Å². The van der Waals surface area contributed by atoms with Crippen LogP contribution in [0, 0.1) is 0 Å². The topological polar surface area (TPSA) is 105 Å². The molecule has 0 N–H and O–H groups in total. The number of rotatable bonds is 9. The van der Waals surface area contributed by atoms with E-state index in [9.17, 15) is 19.2 Å². The monoisotopic (exact) mass is 450 g/mol. The van der Waals surface area contributed by atoms with E-state index in [-0.39, 0.29) is 13.1 Å². The molecule has 126 valence electrons. The van der Waals surface area contributed by atoms with Gasteiger partial charge < -0.3 is 18.9 Å². The van der Waals surface area contributed by atoms with E-state index in [0.717, 1.165) is 20.8 Å². The Hall–Kier alpha value is -1.10. The Balaban J connectivity index is 5.37. The van der Waals surface area contributed by atoms with Gasteiger partial charge in [-0.2, -0.15) is 0 Å². The molecule has 0 aliphatic rings. The van der Waals surface area contributed by atoms with E-state index in [1.807, 2.05) is 0 Å². The number of carbonyl (C=O) groups excluding carboxylic acids is 4. The Kier molecular flexibility index (Phi) is 10.1. The van der Waals surface area contributed by atoms with E-state index >= 15 is 0 Å². The Morgan fingerprint density at radius 1 is 1.05 bits per heavy atom. The highest BCUT2D eigenvalue weighted by Crippen LogP contribution is 2.24. The minimum absolute atomic E-state index is 0.103. The summed E-state index contributed by atoms with van der Waals surface area (Å²) >= 11 is 7.69. The number of esters is 3. The molecular formula is C12H16ClIO8. The highest BCUT2D eigenvalue weighted by Gasteiger charge is 2.40. The van der Waals surface area contributed by atoms with Crippen LogP contribution in [0.1, 0.15) is 20.8 Å². The highest BCUT2D eigenvalue weighted by atomic mass is 127. The van der Waals surface area contributed by atoms with E-state index in [4.69, 9.17) is 30.5 Å². The summed E-state index contributed by atoms with van der Waals surface area (Å²) < 4.78 is 18.8. The molecule has 0 aromatic carbocycles. The van der Waals surface area contributed by atoms with E-state index < -0.39 is 39.6 Å². The van der Waals surface area contributed by atoms with Gasteiger partial charge in [-0.05, 0) is 0 Å². The largest absolute Gasteiger partial charge is 0.462 e. The van der Waals surface area contributed by atoms with Crippen LogP contribution in [0.5, 0.6) is 0 Å². The van der Waals surface area contributed by atoms with Crippen LogP contribution in [-0.2, 0) is 38.1 Å². The van der Waals surface area contributed by atoms with Crippen LogP contribution in [0.2, 0.25) is 0 Å². The lowest BCUT2D eigenvalue weighted by atomic mass is 10.1. The van der Waals surface area contributed by atoms with Gasteiger partial charge in [0.15, 0.2) is 18.3 Å². The summed E-state index contributed by atoms with van der Waals surface area (Å²) in [7, 11) is 0. The molecule has 1 unspecified atom stereocenters. The zero-order chi connectivity index (χ0) is 17.3. The van der Waals surface area contributed by atoms with E-state index in [0.29, 0.717) is 0 Å². The molecule has 0 radical (unpaired) electrons. The lowest BCUT2D eigenvalue weighted by Crippen LogP contribution is -2.49. The minimum atomic E-state index is -1.23. The van der Waals surface area contributed by atoms with Crippen molar-refractivity contribution in [3.8, 4) is 0 Å². The molecule has 0 aromatic rings. The zero-order valence-electron chi connectivity index (χ0n) is 12.1. The molecule has 0 heterocycles. The molecule has 8 nitrogen and oxygen atoms in total. The summed E-state index contributed by atoms with van der Waals surface area (Å²) in [6.07, 6.45) is -3.51. The molecule has 0 spiro atoms. The molecule has 0 bridgehead atoms. The molecular weight excluding hydrogens is 434 g/mol. The van der Waals surface area contributed by atoms with Crippen LogP contribution in [0.25, 0.3) is 0 Å². The molecule has 10 heteroatoms. The van der Waals surface area contributed by atoms with Crippen LogP contribution in [0.3, 0.4) is 0 Å². The number of ether oxygens (including phenoxy) is 4. The van der Waals surface area contributed by atoms with E-state index in [1.54, 1.807) is 22.6 Å². The molecule has 0 aromatic heterocycles. The van der Waals surface area contributed by atoms with Crippen LogP contribution in [0.15, 0.2) is 0 Å². The van der Waals surface area contributed by atoms with Gasteiger partial charge in [-0.25, -0.2) is 0 Å². The van der Waals surface area contributed by atoms with Crippen molar-refractivity contribution in [1.29, 1.82) is 0 Å². The number of halogens is 2. The summed E-state index contributed by atoms with van der Waals surface area (Å²) in [5.74, 6) is -2.00. The van der Waals surface area contributed by atoms with Gasteiger partial charge >= 0.3 is 17.9 Å². The first kappa shape index (κ1) is 20.9. The van der Waals surface area contributed by atoms with Crippen LogP contribution < -0.4 is 0 Å². The maximum absolute atomic E-state index is 11.3. The van der Waals surface area contributed by atoms with Crippen molar-refractivity contribution in [3.05, 3.63) is 0 Å². The van der Waals surface area contributed by atoms with Gasteiger partial charge in [0.2, 0.25) is 0 Å². The molecule has 22 heavy (non-hydrogen) atoms. The Morgan fingerprint density at radius 3 is 1.91 bits per heavy atom. The van der Waals surface area contributed by atoms with E-state index in [2.05, 4.69) is 0 Å². The Bertz CT molecular complexity index is 414. The summed E-state index contributed by atoms with van der Waals surface area (Å²) in [4.78, 5) is 43.9. The standard InChI is InChI=1S/C12H16ClIO8/c1-6(16)19-4-9(20-5-15)10(21-7(2)17)11(12(13)14)22-8(3)18/h5,9-12H,4H2,1-3H3/t9-,10+,11+,12?/m1/s1. The van der Waals surface area contributed by atoms with Crippen molar-refractivity contribution < 1.29 is 38.1 Å². The van der Waals surface area contributed by atoms with Gasteiger partial charge in [0.05, 0.1) is 0 Å². The lowest BCUT2D eigenvalue weighted by Gasteiger charge is -2.31. The second-order valence-corrected chi connectivity index (χ2v) is 6.60. The smallest absolute Gasteiger partial charge is 0.303 e. The van der Waals surface area contributed by atoms with E-state index in [1.165, 1.54) is 0 Å². The molecule has 0 amide bonds. The predicted octanol–water partition coefficient (Wildman–Crippen LogP) is 0.954. The summed E-state index contributed by atoms with van der Waals surface area (Å²) in [6, 6.07) is 0. The first-order chi connectivity index (χ1) is 10.2. The molecule has 0 saturated heterocycles. The molecule has 0 aliphatic heterocycles. The van der Waals surface area contributed by atoms with Crippen LogP contribution in [0.4, 0.5) is 0 Å². The maximum atomic E-state index is 11.3. The molecule has 0 rings (SSSR count). The van der Waals surface area contributed by atoms with Crippen molar-refractivity contribution in [2.75, 3.05) is 6.61 Å². The normalized spacial score (nSPS) is 15.7. The molecule has 0 aliphatic carbocycles. The maximum Gasteiger partial charge on any atom is 0.303 e.